The minimum atomic E-state index is 0.427. The molecule has 0 aromatic carbocycles. The zero-order valence-corrected chi connectivity index (χ0v) is 12.7. The number of hydrogen-bond acceptors (Lipinski definition) is 2. The van der Waals surface area contributed by atoms with Crippen molar-refractivity contribution in [3.63, 3.8) is 0 Å². The molecule has 2 rings (SSSR count). The van der Waals surface area contributed by atoms with E-state index >= 15 is 0 Å². The molecule has 0 saturated heterocycles. The summed E-state index contributed by atoms with van der Waals surface area (Å²) in [7, 11) is 0. The van der Waals surface area contributed by atoms with Gasteiger partial charge in [-0.05, 0) is 37.5 Å². The molecule has 0 amide bonds. The van der Waals surface area contributed by atoms with E-state index in [0.717, 1.165) is 11.8 Å². The molecule has 0 heterocycles. The van der Waals surface area contributed by atoms with Gasteiger partial charge in [0.05, 0.1) is 0 Å². The van der Waals surface area contributed by atoms with Gasteiger partial charge < -0.3 is 11.5 Å². The lowest BCUT2D eigenvalue weighted by molar-refractivity contribution is 0.272. The zero-order chi connectivity index (χ0) is 13.5. The monoisotopic (exact) mass is 266 g/mol. The van der Waals surface area contributed by atoms with Crippen molar-refractivity contribution in [3.05, 3.63) is 0 Å². The van der Waals surface area contributed by atoms with E-state index in [4.69, 9.17) is 11.5 Å². The Morgan fingerprint density at radius 3 is 1.16 bits per heavy atom. The summed E-state index contributed by atoms with van der Waals surface area (Å²) in [4.78, 5) is 0. The Morgan fingerprint density at radius 2 is 0.737 bits per heavy atom. The number of rotatable bonds is 1. The summed E-state index contributed by atoms with van der Waals surface area (Å²) in [5, 5.41) is 0. The van der Waals surface area contributed by atoms with E-state index in [-0.39, 0.29) is 0 Å². The summed E-state index contributed by atoms with van der Waals surface area (Å²) in [5.74, 6) is 2.00. The van der Waals surface area contributed by atoms with Crippen LogP contribution in [-0.2, 0) is 0 Å². The predicted molar refractivity (Wildman–Crippen MR) is 83.0 cm³/mol. The molecule has 0 aliphatic heterocycles. The van der Waals surface area contributed by atoms with Crippen LogP contribution in [0.15, 0.2) is 0 Å². The standard InChI is InChI=1S/C17H34N2/c18-16-10-3-8-15(14-6-1-2-7-14)9-4-11-17(19)13-5-12-16/h14-17H,1-13,18-19H2. The first-order chi connectivity index (χ1) is 9.25. The van der Waals surface area contributed by atoms with Gasteiger partial charge in [0.25, 0.3) is 0 Å². The summed E-state index contributed by atoms with van der Waals surface area (Å²) < 4.78 is 0. The molecule has 0 aromatic heterocycles. The van der Waals surface area contributed by atoms with E-state index in [1.807, 2.05) is 0 Å². The largest absolute Gasteiger partial charge is 0.328 e. The van der Waals surface area contributed by atoms with E-state index in [1.165, 1.54) is 83.5 Å². The Labute approximate surface area is 119 Å². The molecule has 2 nitrogen and oxygen atoms in total. The number of nitrogens with two attached hydrogens (primary N) is 2. The average Bonchev–Trinajstić information content (AvgIpc) is 2.89. The third-order valence-corrected chi connectivity index (χ3v) is 5.52. The summed E-state index contributed by atoms with van der Waals surface area (Å²) in [6.07, 6.45) is 17.5. The first-order valence-corrected chi connectivity index (χ1v) is 8.77. The van der Waals surface area contributed by atoms with Crippen LogP contribution < -0.4 is 11.5 Å². The van der Waals surface area contributed by atoms with Crippen LogP contribution in [0.3, 0.4) is 0 Å². The van der Waals surface area contributed by atoms with Crippen LogP contribution in [0.5, 0.6) is 0 Å². The van der Waals surface area contributed by atoms with Gasteiger partial charge in [0.2, 0.25) is 0 Å². The first kappa shape index (κ1) is 15.3. The molecule has 2 aliphatic rings. The normalized spacial score (nSPS) is 36.6. The Morgan fingerprint density at radius 1 is 0.421 bits per heavy atom. The van der Waals surface area contributed by atoms with Gasteiger partial charge in [0, 0.05) is 12.1 Å². The predicted octanol–water partition coefficient (Wildman–Crippen LogP) is 3.97. The maximum absolute atomic E-state index is 6.22. The Balaban J connectivity index is 1.84. The summed E-state index contributed by atoms with van der Waals surface area (Å²) in [5.41, 5.74) is 12.4. The van der Waals surface area contributed by atoms with Crippen LogP contribution in [0.25, 0.3) is 0 Å². The third-order valence-electron chi connectivity index (χ3n) is 5.52. The van der Waals surface area contributed by atoms with Crippen molar-refractivity contribution in [1.29, 1.82) is 0 Å². The molecule has 2 aliphatic carbocycles. The van der Waals surface area contributed by atoms with Gasteiger partial charge in [-0.1, -0.05) is 57.8 Å². The van der Waals surface area contributed by atoms with Gasteiger partial charge >= 0.3 is 0 Å². The van der Waals surface area contributed by atoms with Crippen LogP contribution in [-0.4, -0.2) is 12.1 Å². The highest BCUT2D eigenvalue weighted by Crippen LogP contribution is 2.37. The second kappa shape index (κ2) is 8.26. The second-order valence-electron chi connectivity index (χ2n) is 7.12. The lowest BCUT2D eigenvalue weighted by atomic mass is 9.81. The van der Waals surface area contributed by atoms with Crippen molar-refractivity contribution in [2.45, 2.75) is 95.6 Å². The molecule has 2 unspecified atom stereocenters. The van der Waals surface area contributed by atoms with E-state index in [1.54, 1.807) is 0 Å². The highest BCUT2D eigenvalue weighted by Gasteiger charge is 2.24. The van der Waals surface area contributed by atoms with Gasteiger partial charge in [-0.15, -0.1) is 0 Å². The lowest BCUT2D eigenvalue weighted by Crippen LogP contribution is -2.25. The van der Waals surface area contributed by atoms with Crippen LogP contribution in [0.2, 0.25) is 0 Å². The highest BCUT2D eigenvalue weighted by atomic mass is 14.6. The fourth-order valence-corrected chi connectivity index (χ4v) is 4.26. The quantitative estimate of drug-likeness (QED) is 0.754. The fourth-order valence-electron chi connectivity index (χ4n) is 4.26. The van der Waals surface area contributed by atoms with E-state index in [0.29, 0.717) is 12.1 Å². The summed E-state index contributed by atoms with van der Waals surface area (Å²) in [6.45, 7) is 0. The van der Waals surface area contributed by atoms with Crippen LogP contribution in [0.1, 0.15) is 83.5 Å². The SMILES string of the molecule is NC1CCCC(N)CCCC(C2CCCC2)CCC1. The molecule has 2 saturated carbocycles. The van der Waals surface area contributed by atoms with Gasteiger partial charge in [0.15, 0.2) is 0 Å². The molecule has 0 aromatic rings. The van der Waals surface area contributed by atoms with Gasteiger partial charge in [0.1, 0.15) is 0 Å². The number of hydrogen-bond donors (Lipinski definition) is 2. The van der Waals surface area contributed by atoms with Crippen molar-refractivity contribution in [1.82, 2.24) is 0 Å². The van der Waals surface area contributed by atoms with Gasteiger partial charge in [-0.3, -0.25) is 0 Å². The van der Waals surface area contributed by atoms with Crippen molar-refractivity contribution in [3.8, 4) is 0 Å². The third kappa shape index (κ3) is 5.43. The molecular formula is C17H34N2. The Hall–Kier alpha value is -0.0800. The maximum atomic E-state index is 6.22. The zero-order valence-electron chi connectivity index (χ0n) is 12.7. The molecule has 0 spiro atoms. The summed E-state index contributed by atoms with van der Waals surface area (Å²) >= 11 is 0. The Kier molecular flexibility index (Phi) is 6.66. The van der Waals surface area contributed by atoms with Crippen LogP contribution in [0, 0.1) is 11.8 Å². The minimum absolute atomic E-state index is 0.427. The van der Waals surface area contributed by atoms with E-state index < -0.39 is 0 Å². The van der Waals surface area contributed by atoms with Crippen molar-refractivity contribution in [2.75, 3.05) is 0 Å². The van der Waals surface area contributed by atoms with Crippen molar-refractivity contribution >= 4 is 0 Å². The van der Waals surface area contributed by atoms with Crippen LogP contribution >= 0.6 is 0 Å². The topological polar surface area (TPSA) is 52.0 Å². The summed E-state index contributed by atoms with van der Waals surface area (Å²) in [6, 6.07) is 0.853. The maximum Gasteiger partial charge on any atom is 0.00388 e. The van der Waals surface area contributed by atoms with Gasteiger partial charge in [-0.25, -0.2) is 0 Å². The molecule has 112 valence electrons. The van der Waals surface area contributed by atoms with E-state index in [2.05, 4.69) is 0 Å². The molecule has 19 heavy (non-hydrogen) atoms. The first-order valence-electron chi connectivity index (χ1n) is 8.77. The molecule has 0 bridgehead atoms. The van der Waals surface area contributed by atoms with Crippen molar-refractivity contribution < 1.29 is 0 Å². The van der Waals surface area contributed by atoms with Crippen LogP contribution in [0.4, 0.5) is 0 Å². The molecule has 2 atom stereocenters. The van der Waals surface area contributed by atoms with Crippen molar-refractivity contribution in [2.24, 2.45) is 23.3 Å². The smallest absolute Gasteiger partial charge is 0.00388 e. The molecule has 2 heteroatoms. The average molecular weight is 266 g/mol. The molecule has 4 N–H and O–H groups in total. The van der Waals surface area contributed by atoms with Gasteiger partial charge in [-0.2, -0.15) is 0 Å². The minimum Gasteiger partial charge on any atom is -0.328 e. The van der Waals surface area contributed by atoms with E-state index in [9.17, 15) is 0 Å². The fraction of sp³-hybridized carbons (Fsp3) is 1.00. The highest BCUT2D eigenvalue weighted by molar-refractivity contribution is 4.78. The molecule has 0 radical (unpaired) electrons. The molecular weight excluding hydrogens is 232 g/mol. The molecule has 2 fully saturated rings. The lowest BCUT2D eigenvalue weighted by Gasteiger charge is -2.25. The Bertz CT molecular complexity index is 219. The second-order valence-corrected chi connectivity index (χ2v) is 7.12.